The molecule has 64 valence electrons. The van der Waals surface area contributed by atoms with Gasteiger partial charge in [0.25, 0.3) is 0 Å². The third-order valence-electron chi connectivity index (χ3n) is 2.43. The molecule has 1 aliphatic carbocycles. The SMILES string of the molecule is Cc1ccc(C2(C(N)=O)CC2)s1. The molecule has 1 amide bonds. The van der Waals surface area contributed by atoms with E-state index in [2.05, 4.69) is 0 Å². The standard InChI is InChI=1S/C9H11NOS/c1-6-2-3-7(12-6)9(4-5-9)8(10)11/h2-3H,4-5H2,1H3,(H2,10,11). The molecule has 0 aliphatic heterocycles. The van der Waals surface area contributed by atoms with Crippen LogP contribution in [0.3, 0.4) is 0 Å². The van der Waals surface area contributed by atoms with Gasteiger partial charge in [0.1, 0.15) is 0 Å². The van der Waals surface area contributed by atoms with Crippen molar-refractivity contribution >= 4 is 17.2 Å². The van der Waals surface area contributed by atoms with Crippen molar-refractivity contribution in [3.05, 3.63) is 21.9 Å². The number of aryl methyl sites for hydroxylation is 1. The Kier molecular flexibility index (Phi) is 1.51. The Hall–Kier alpha value is -0.830. The average molecular weight is 181 g/mol. The van der Waals surface area contributed by atoms with Crippen molar-refractivity contribution in [1.82, 2.24) is 0 Å². The molecule has 1 fully saturated rings. The highest BCUT2D eigenvalue weighted by Crippen LogP contribution is 2.50. The van der Waals surface area contributed by atoms with Crippen molar-refractivity contribution in [1.29, 1.82) is 0 Å². The highest BCUT2D eigenvalue weighted by Gasteiger charge is 2.50. The van der Waals surface area contributed by atoms with E-state index in [0.29, 0.717) is 0 Å². The van der Waals surface area contributed by atoms with E-state index in [0.717, 1.165) is 17.7 Å². The Bertz CT molecular complexity index is 325. The minimum Gasteiger partial charge on any atom is -0.369 e. The molecule has 0 saturated heterocycles. The Labute approximate surface area is 75.4 Å². The third-order valence-corrected chi connectivity index (χ3v) is 3.64. The number of carbonyl (C=O) groups is 1. The maximum atomic E-state index is 11.1. The monoisotopic (exact) mass is 181 g/mol. The summed E-state index contributed by atoms with van der Waals surface area (Å²) < 4.78 is 0. The van der Waals surface area contributed by atoms with Crippen LogP contribution in [0.4, 0.5) is 0 Å². The molecule has 2 nitrogen and oxygen atoms in total. The average Bonchev–Trinajstić information content (AvgIpc) is 2.71. The first kappa shape index (κ1) is 7.80. The number of hydrogen-bond acceptors (Lipinski definition) is 2. The lowest BCUT2D eigenvalue weighted by Crippen LogP contribution is -2.27. The number of hydrogen-bond donors (Lipinski definition) is 1. The van der Waals surface area contributed by atoms with Crippen LogP contribution in [0.25, 0.3) is 0 Å². The van der Waals surface area contributed by atoms with Gasteiger partial charge in [-0.05, 0) is 31.9 Å². The molecule has 1 aromatic heterocycles. The smallest absolute Gasteiger partial charge is 0.228 e. The fraction of sp³-hybridized carbons (Fsp3) is 0.444. The van der Waals surface area contributed by atoms with Crippen molar-refractivity contribution in [3.63, 3.8) is 0 Å². The zero-order valence-electron chi connectivity index (χ0n) is 6.96. The lowest BCUT2D eigenvalue weighted by atomic mass is 10.1. The molecule has 0 aromatic carbocycles. The number of carbonyl (C=O) groups excluding carboxylic acids is 1. The molecule has 12 heavy (non-hydrogen) atoms. The largest absolute Gasteiger partial charge is 0.369 e. The van der Waals surface area contributed by atoms with Crippen LogP contribution in [0.2, 0.25) is 0 Å². The fourth-order valence-electron chi connectivity index (χ4n) is 1.43. The summed E-state index contributed by atoms with van der Waals surface area (Å²) in [5.41, 5.74) is 5.06. The summed E-state index contributed by atoms with van der Waals surface area (Å²) >= 11 is 1.68. The van der Waals surface area contributed by atoms with Crippen molar-refractivity contribution in [2.75, 3.05) is 0 Å². The molecule has 3 heteroatoms. The molecule has 1 aliphatic rings. The molecule has 0 atom stereocenters. The quantitative estimate of drug-likeness (QED) is 0.739. The van der Waals surface area contributed by atoms with Crippen LogP contribution in [0.15, 0.2) is 12.1 Å². The maximum Gasteiger partial charge on any atom is 0.228 e. The van der Waals surface area contributed by atoms with Gasteiger partial charge >= 0.3 is 0 Å². The van der Waals surface area contributed by atoms with Crippen LogP contribution in [0.1, 0.15) is 22.6 Å². The van der Waals surface area contributed by atoms with Gasteiger partial charge in [0.15, 0.2) is 0 Å². The first-order chi connectivity index (χ1) is 5.65. The van der Waals surface area contributed by atoms with Crippen molar-refractivity contribution in [2.24, 2.45) is 5.73 Å². The van der Waals surface area contributed by atoms with Gasteiger partial charge in [0, 0.05) is 9.75 Å². The summed E-state index contributed by atoms with van der Waals surface area (Å²) in [6.07, 6.45) is 1.87. The fourth-order valence-corrected chi connectivity index (χ4v) is 2.55. The topological polar surface area (TPSA) is 43.1 Å². The Morgan fingerprint density at radius 3 is 2.58 bits per heavy atom. The Balaban J connectivity index is 2.36. The second-order valence-electron chi connectivity index (χ2n) is 3.36. The van der Waals surface area contributed by atoms with E-state index in [9.17, 15) is 4.79 Å². The van der Waals surface area contributed by atoms with Crippen LogP contribution in [-0.4, -0.2) is 5.91 Å². The summed E-state index contributed by atoms with van der Waals surface area (Å²) in [6, 6.07) is 4.07. The van der Waals surface area contributed by atoms with Crippen LogP contribution < -0.4 is 5.73 Å². The zero-order valence-corrected chi connectivity index (χ0v) is 7.78. The predicted octanol–water partition coefficient (Wildman–Crippen LogP) is 1.57. The summed E-state index contributed by atoms with van der Waals surface area (Å²) in [5, 5.41) is 0. The van der Waals surface area contributed by atoms with E-state index in [1.807, 2.05) is 19.1 Å². The Morgan fingerprint density at radius 2 is 2.25 bits per heavy atom. The van der Waals surface area contributed by atoms with Crippen LogP contribution in [-0.2, 0) is 10.2 Å². The second kappa shape index (κ2) is 2.33. The minimum absolute atomic E-state index is 0.163. The van der Waals surface area contributed by atoms with Crippen LogP contribution >= 0.6 is 11.3 Å². The van der Waals surface area contributed by atoms with Crippen molar-refractivity contribution in [2.45, 2.75) is 25.2 Å². The third kappa shape index (κ3) is 0.966. The number of primary amides is 1. The molecule has 0 spiro atoms. The van der Waals surface area contributed by atoms with E-state index >= 15 is 0 Å². The zero-order chi connectivity index (χ0) is 8.77. The van der Waals surface area contributed by atoms with E-state index < -0.39 is 0 Å². The lowest BCUT2D eigenvalue weighted by Gasteiger charge is -2.06. The lowest BCUT2D eigenvalue weighted by molar-refractivity contribution is -0.120. The summed E-state index contributed by atoms with van der Waals surface area (Å²) in [4.78, 5) is 13.5. The molecule has 1 aromatic rings. The summed E-state index contributed by atoms with van der Waals surface area (Å²) in [5.74, 6) is -0.163. The number of nitrogens with two attached hydrogens (primary N) is 1. The van der Waals surface area contributed by atoms with Gasteiger partial charge in [0.2, 0.25) is 5.91 Å². The van der Waals surface area contributed by atoms with Crippen LogP contribution in [0.5, 0.6) is 0 Å². The first-order valence-electron chi connectivity index (χ1n) is 4.02. The highest BCUT2D eigenvalue weighted by atomic mass is 32.1. The maximum absolute atomic E-state index is 11.1. The van der Waals surface area contributed by atoms with Gasteiger partial charge < -0.3 is 5.73 Å². The number of amides is 1. The Morgan fingerprint density at radius 1 is 1.58 bits per heavy atom. The summed E-state index contributed by atoms with van der Waals surface area (Å²) in [6.45, 7) is 2.05. The molecular formula is C9H11NOS. The molecular weight excluding hydrogens is 170 g/mol. The molecule has 0 unspecified atom stereocenters. The van der Waals surface area contributed by atoms with Gasteiger partial charge in [-0.1, -0.05) is 0 Å². The number of rotatable bonds is 2. The minimum atomic E-state index is -0.279. The van der Waals surface area contributed by atoms with E-state index in [1.165, 1.54) is 4.88 Å². The van der Waals surface area contributed by atoms with Gasteiger partial charge in [-0.15, -0.1) is 11.3 Å². The van der Waals surface area contributed by atoms with Gasteiger partial charge in [-0.25, -0.2) is 0 Å². The molecule has 2 N–H and O–H groups in total. The van der Waals surface area contributed by atoms with Gasteiger partial charge in [0.05, 0.1) is 5.41 Å². The van der Waals surface area contributed by atoms with E-state index in [-0.39, 0.29) is 11.3 Å². The molecule has 1 saturated carbocycles. The molecule has 0 radical (unpaired) electrons. The summed E-state index contributed by atoms with van der Waals surface area (Å²) in [7, 11) is 0. The number of thiophene rings is 1. The van der Waals surface area contributed by atoms with Gasteiger partial charge in [-0.2, -0.15) is 0 Å². The molecule has 0 bridgehead atoms. The predicted molar refractivity (Wildman–Crippen MR) is 49.2 cm³/mol. The van der Waals surface area contributed by atoms with Crippen molar-refractivity contribution < 1.29 is 4.79 Å². The highest BCUT2D eigenvalue weighted by molar-refractivity contribution is 7.12. The van der Waals surface area contributed by atoms with Crippen LogP contribution in [0, 0.1) is 6.92 Å². The molecule has 2 rings (SSSR count). The molecule has 1 heterocycles. The van der Waals surface area contributed by atoms with Crippen molar-refractivity contribution in [3.8, 4) is 0 Å². The van der Waals surface area contributed by atoms with E-state index in [4.69, 9.17) is 5.73 Å². The second-order valence-corrected chi connectivity index (χ2v) is 4.64. The first-order valence-corrected chi connectivity index (χ1v) is 4.84. The van der Waals surface area contributed by atoms with E-state index in [1.54, 1.807) is 11.3 Å². The normalized spacial score (nSPS) is 19.1. The van der Waals surface area contributed by atoms with Gasteiger partial charge in [-0.3, -0.25) is 4.79 Å².